The molecule has 0 saturated carbocycles. The summed E-state index contributed by atoms with van der Waals surface area (Å²) in [7, 11) is 0. The van der Waals surface area contributed by atoms with Gasteiger partial charge in [-0.2, -0.15) is 29.5 Å². The Bertz CT molecular complexity index is 129. The van der Waals surface area contributed by atoms with Crippen LogP contribution in [0.3, 0.4) is 0 Å². The first-order valence-electron chi connectivity index (χ1n) is 2.94. The van der Waals surface area contributed by atoms with Gasteiger partial charge in [-0.25, -0.2) is 0 Å². The van der Waals surface area contributed by atoms with Gasteiger partial charge in [0, 0.05) is 11.5 Å². The normalized spacial score (nSPS) is 18.7. The molecule has 0 amide bonds. The largest absolute Gasteiger partial charge is 0.306 e. The maximum Gasteiger partial charge on any atom is 0.306 e. The fraction of sp³-hybridized carbons (Fsp3) is 1.00. The summed E-state index contributed by atoms with van der Waals surface area (Å²) >= 11 is 13.7. The van der Waals surface area contributed by atoms with Gasteiger partial charge in [-0.05, 0) is 0 Å². The van der Waals surface area contributed by atoms with Crippen LogP contribution in [-0.2, 0) is 19.7 Å². The molecule has 0 aliphatic heterocycles. The minimum Gasteiger partial charge on any atom is -0.254 e. The average Bonchev–Trinajstić information content (AvgIpc) is 2.03. The third-order valence-corrected chi connectivity index (χ3v) is 3.57. The highest BCUT2D eigenvalue weighted by Gasteiger charge is 2.11. The van der Waals surface area contributed by atoms with E-state index < -0.39 is 22.2 Å². The zero-order valence-electron chi connectivity index (χ0n) is 5.99. The molecule has 0 aromatic heterocycles. The van der Waals surface area contributed by atoms with Gasteiger partial charge in [0.1, 0.15) is 10.9 Å². The van der Waals surface area contributed by atoms with Crippen LogP contribution in [0.15, 0.2) is 0 Å². The van der Waals surface area contributed by atoms with Gasteiger partial charge >= 0.3 is 11.4 Å². The second kappa shape index (κ2) is 7.84. The summed E-state index contributed by atoms with van der Waals surface area (Å²) in [5.41, 5.74) is -1.01. The molecule has 0 rings (SSSR count). The molecule has 3 nitrogen and oxygen atoms in total. The van der Waals surface area contributed by atoms with E-state index in [1.54, 1.807) is 0 Å². The quantitative estimate of drug-likeness (QED) is 0.427. The molecule has 0 fully saturated rings. The maximum atomic E-state index is 10.9. The maximum absolute atomic E-state index is 10.9. The van der Waals surface area contributed by atoms with Gasteiger partial charge in [0.05, 0.1) is 0 Å². The molecule has 0 saturated heterocycles. The van der Waals surface area contributed by atoms with Crippen molar-refractivity contribution in [2.24, 2.45) is 0 Å². The van der Waals surface area contributed by atoms with E-state index in [1.807, 2.05) is 0 Å². The predicted molar refractivity (Wildman–Crippen MR) is 63.6 cm³/mol. The lowest BCUT2D eigenvalue weighted by Gasteiger charge is -2.10. The molecule has 0 aromatic rings. The average molecular weight is 266 g/mol. The van der Waals surface area contributed by atoms with Gasteiger partial charge < -0.3 is 0 Å². The highest BCUT2D eigenvalue weighted by atomic mass is 32.2. The minimum absolute atomic E-state index is 0.357. The van der Waals surface area contributed by atoms with E-state index in [4.69, 9.17) is 8.37 Å². The van der Waals surface area contributed by atoms with Crippen LogP contribution in [0.25, 0.3) is 0 Å². The van der Waals surface area contributed by atoms with Crippen LogP contribution < -0.4 is 0 Å². The first-order valence-corrected chi connectivity index (χ1v) is 6.23. The van der Waals surface area contributed by atoms with Crippen molar-refractivity contribution in [2.45, 2.75) is 10.9 Å². The van der Waals surface area contributed by atoms with Gasteiger partial charge in [-0.3, -0.25) is 8.37 Å². The first-order chi connectivity index (χ1) is 5.60. The van der Waals surface area contributed by atoms with Crippen molar-refractivity contribution in [1.29, 1.82) is 0 Å². The van der Waals surface area contributed by atoms with Gasteiger partial charge in [0.15, 0.2) is 0 Å². The Morgan fingerprint density at radius 2 is 1.42 bits per heavy atom. The Balaban J connectivity index is 3.59. The first kappa shape index (κ1) is 13.5. The minimum atomic E-state index is -1.83. The standard InChI is InChI=1S/C4H10O3S5/c5-12(6-3(10)1-8)7-4(11)2-9/h3-4,8-11H,1-2H2. The van der Waals surface area contributed by atoms with E-state index in [-0.39, 0.29) is 0 Å². The highest BCUT2D eigenvalue weighted by molar-refractivity contribution is 7.86. The smallest absolute Gasteiger partial charge is 0.254 e. The lowest BCUT2D eigenvalue weighted by Crippen LogP contribution is -2.16. The number of hydrogen-bond donors (Lipinski definition) is 4. The second-order valence-corrected chi connectivity index (χ2v) is 4.35. The molecule has 8 heteroatoms. The Labute approximate surface area is 96.5 Å². The summed E-state index contributed by atoms with van der Waals surface area (Å²) in [5.74, 6) is 0.715. The second-order valence-electron chi connectivity index (χ2n) is 1.67. The molecule has 0 aliphatic rings. The van der Waals surface area contributed by atoms with Gasteiger partial charge in [-0.1, -0.05) is 0 Å². The van der Waals surface area contributed by atoms with E-state index in [2.05, 4.69) is 50.5 Å². The van der Waals surface area contributed by atoms with Crippen LogP contribution in [0.4, 0.5) is 0 Å². The Morgan fingerprint density at radius 1 is 1.08 bits per heavy atom. The van der Waals surface area contributed by atoms with Crippen molar-refractivity contribution < 1.29 is 12.6 Å². The molecular formula is C4H10O3S5. The molecule has 0 bridgehead atoms. The molecule has 0 radical (unpaired) electrons. The van der Waals surface area contributed by atoms with Crippen molar-refractivity contribution in [2.75, 3.05) is 11.5 Å². The van der Waals surface area contributed by atoms with Crippen LogP contribution in [0.5, 0.6) is 0 Å². The Hall–Kier alpha value is 1.47. The molecule has 0 aliphatic carbocycles. The molecule has 0 spiro atoms. The molecule has 12 heavy (non-hydrogen) atoms. The van der Waals surface area contributed by atoms with Crippen molar-refractivity contribution in [3.8, 4) is 0 Å². The Kier molecular flexibility index (Phi) is 8.80. The van der Waals surface area contributed by atoms with Crippen molar-refractivity contribution >= 4 is 61.9 Å². The van der Waals surface area contributed by atoms with Crippen LogP contribution >= 0.6 is 50.5 Å². The zero-order chi connectivity index (χ0) is 9.56. The topological polar surface area (TPSA) is 35.5 Å². The van der Waals surface area contributed by atoms with E-state index in [0.29, 0.717) is 11.5 Å². The van der Waals surface area contributed by atoms with Crippen LogP contribution in [0.2, 0.25) is 0 Å². The fourth-order valence-corrected chi connectivity index (χ4v) is 1.58. The van der Waals surface area contributed by atoms with Gasteiger partial charge in [0.2, 0.25) is 0 Å². The molecule has 2 atom stereocenters. The third-order valence-electron chi connectivity index (χ3n) is 0.692. The number of hydrogen-bond acceptors (Lipinski definition) is 7. The Morgan fingerprint density at radius 3 is 1.67 bits per heavy atom. The summed E-state index contributed by atoms with van der Waals surface area (Å²) in [4.78, 5) is 0. The van der Waals surface area contributed by atoms with Crippen LogP contribution in [0, 0.1) is 0 Å². The van der Waals surface area contributed by atoms with Crippen LogP contribution in [0.1, 0.15) is 0 Å². The van der Waals surface area contributed by atoms with Gasteiger partial charge in [-0.15, -0.1) is 25.3 Å². The number of rotatable bonds is 6. The molecule has 74 valence electrons. The van der Waals surface area contributed by atoms with Crippen molar-refractivity contribution in [3.05, 3.63) is 0 Å². The summed E-state index contributed by atoms with van der Waals surface area (Å²) < 4.78 is 20.3. The summed E-state index contributed by atoms with van der Waals surface area (Å²) in [6, 6.07) is 0. The lowest BCUT2D eigenvalue weighted by atomic mass is 10.9. The summed E-state index contributed by atoms with van der Waals surface area (Å²) in [6.07, 6.45) is 0. The van der Waals surface area contributed by atoms with E-state index >= 15 is 0 Å². The van der Waals surface area contributed by atoms with Gasteiger partial charge in [0.25, 0.3) is 0 Å². The fourth-order valence-electron chi connectivity index (χ4n) is 0.265. The monoisotopic (exact) mass is 266 g/mol. The SMILES string of the molecule is O=S(OC(S)CS)OC(S)CS. The lowest BCUT2D eigenvalue weighted by molar-refractivity contribution is 0.245. The highest BCUT2D eigenvalue weighted by Crippen LogP contribution is 2.08. The van der Waals surface area contributed by atoms with E-state index in [0.717, 1.165) is 0 Å². The summed E-state index contributed by atoms with van der Waals surface area (Å²) in [6.45, 7) is 0. The zero-order valence-corrected chi connectivity index (χ0v) is 10.4. The molecule has 0 aromatic carbocycles. The van der Waals surface area contributed by atoms with E-state index in [9.17, 15) is 4.21 Å². The molecule has 0 heterocycles. The number of thiol groups is 4. The van der Waals surface area contributed by atoms with Crippen molar-refractivity contribution in [3.63, 3.8) is 0 Å². The third kappa shape index (κ3) is 6.93. The van der Waals surface area contributed by atoms with E-state index in [1.165, 1.54) is 0 Å². The molecule has 0 N–H and O–H groups in total. The van der Waals surface area contributed by atoms with Crippen LogP contribution in [-0.4, -0.2) is 26.6 Å². The predicted octanol–water partition coefficient (Wildman–Crippen LogP) is 0.970. The van der Waals surface area contributed by atoms with Crippen molar-refractivity contribution in [1.82, 2.24) is 0 Å². The summed E-state index contributed by atoms with van der Waals surface area (Å²) in [5, 5.41) is 0. The molecule has 2 unspecified atom stereocenters. The molecular weight excluding hydrogens is 256 g/mol.